The molecule has 1 fully saturated rings. The Labute approximate surface area is 115 Å². The SMILES string of the molecule is CCNC(C)C1(Cc2c(Cl)c(C)nn2CC)CC1. The van der Waals surface area contributed by atoms with Gasteiger partial charge in [0.15, 0.2) is 0 Å². The number of rotatable bonds is 6. The van der Waals surface area contributed by atoms with E-state index in [0.717, 1.165) is 30.2 Å². The molecule has 0 radical (unpaired) electrons. The molecule has 1 aromatic rings. The van der Waals surface area contributed by atoms with Gasteiger partial charge < -0.3 is 5.32 Å². The Hall–Kier alpha value is -0.540. The minimum atomic E-state index is 0.402. The van der Waals surface area contributed by atoms with Crippen LogP contribution in [-0.2, 0) is 13.0 Å². The van der Waals surface area contributed by atoms with Crippen LogP contribution in [0.25, 0.3) is 0 Å². The predicted octanol–water partition coefficient (Wildman–Crippen LogP) is 3.19. The second-order valence-corrected chi connectivity index (χ2v) is 5.86. The van der Waals surface area contributed by atoms with E-state index in [1.54, 1.807) is 0 Å². The number of hydrogen-bond donors (Lipinski definition) is 1. The zero-order valence-corrected chi connectivity index (χ0v) is 12.6. The molecule has 0 aromatic carbocycles. The number of nitrogens with zero attached hydrogens (tertiary/aromatic N) is 2. The fourth-order valence-corrected chi connectivity index (χ4v) is 3.02. The molecular weight excluding hydrogens is 246 g/mol. The maximum Gasteiger partial charge on any atom is 0.0847 e. The lowest BCUT2D eigenvalue weighted by molar-refractivity contribution is 0.347. The summed E-state index contributed by atoms with van der Waals surface area (Å²) in [6, 6.07) is 0.555. The Morgan fingerprint density at radius 1 is 1.44 bits per heavy atom. The van der Waals surface area contributed by atoms with Crippen LogP contribution in [0.4, 0.5) is 0 Å². The number of hydrogen-bond acceptors (Lipinski definition) is 2. The number of aryl methyl sites for hydroxylation is 2. The van der Waals surface area contributed by atoms with E-state index in [0.29, 0.717) is 11.5 Å². The molecule has 1 N–H and O–H groups in total. The first kappa shape index (κ1) is 13.9. The molecular formula is C14H24ClN3. The molecule has 1 aliphatic carbocycles. The summed E-state index contributed by atoms with van der Waals surface area (Å²) < 4.78 is 2.07. The maximum atomic E-state index is 6.40. The van der Waals surface area contributed by atoms with Gasteiger partial charge in [-0.1, -0.05) is 18.5 Å². The van der Waals surface area contributed by atoms with Gasteiger partial charge in [-0.3, -0.25) is 4.68 Å². The monoisotopic (exact) mass is 269 g/mol. The van der Waals surface area contributed by atoms with Crippen LogP contribution in [0, 0.1) is 12.3 Å². The Balaban J connectivity index is 2.19. The zero-order valence-electron chi connectivity index (χ0n) is 11.9. The van der Waals surface area contributed by atoms with Crippen molar-refractivity contribution in [2.75, 3.05) is 6.54 Å². The largest absolute Gasteiger partial charge is 0.314 e. The van der Waals surface area contributed by atoms with Crippen molar-refractivity contribution < 1.29 is 0 Å². The third-order valence-electron chi connectivity index (χ3n) is 4.29. The van der Waals surface area contributed by atoms with Crippen molar-refractivity contribution in [3.8, 4) is 0 Å². The van der Waals surface area contributed by atoms with Gasteiger partial charge in [0.1, 0.15) is 0 Å². The van der Waals surface area contributed by atoms with E-state index in [-0.39, 0.29) is 0 Å². The van der Waals surface area contributed by atoms with Crippen LogP contribution in [0.2, 0.25) is 5.02 Å². The molecule has 1 unspecified atom stereocenters. The lowest BCUT2D eigenvalue weighted by atomic mass is 9.92. The summed E-state index contributed by atoms with van der Waals surface area (Å²) in [5, 5.41) is 8.94. The number of nitrogens with one attached hydrogen (secondary N) is 1. The summed E-state index contributed by atoms with van der Waals surface area (Å²) in [5.74, 6) is 0. The summed E-state index contributed by atoms with van der Waals surface area (Å²) >= 11 is 6.40. The Bertz CT molecular complexity index is 421. The highest BCUT2D eigenvalue weighted by molar-refractivity contribution is 6.31. The second kappa shape index (κ2) is 5.22. The first-order valence-electron chi connectivity index (χ1n) is 6.99. The molecule has 4 heteroatoms. The quantitative estimate of drug-likeness (QED) is 0.860. The highest BCUT2D eigenvalue weighted by Gasteiger charge is 2.47. The average molecular weight is 270 g/mol. The third kappa shape index (κ3) is 2.43. The fourth-order valence-electron chi connectivity index (χ4n) is 2.82. The van der Waals surface area contributed by atoms with Gasteiger partial charge in [0, 0.05) is 12.6 Å². The average Bonchev–Trinajstić information content (AvgIpc) is 3.08. The second-order valence-electron chi connectivity index (χ2n) is 5.48. The van der Waals surface area contributed by atoms with E-state index in [1.165, 1.54) is 18.5 Å². The van der Waals surface area contributed by atoms with Crippen molar-refractivity contribution in [2.45, 2.75) is 59.5 Å². The number of halogens is 1. The van der Waals surface area contributed by atoms with Crippen LogP contribution in [-0.4, -0.2) is 22.4 Å². The maximum absolute atomic E-state index is 6.40. The molecule has 0 saturated heterocycles. The molecule has 0 aliphatic heterocycles. The lowest BCUT2D eigenvalue weighted by Gasteiger charge is -2.24. The molecule has 3 nitrogen and oxygen atoms in total. The Morgan fingerprint density at radius 3 is 2.61 bits per heavy atom. The highest BCUT2D eigenvalue weighted by Crippen LogP contribution is 2.52. The van der Waals surface area contributed by atoms with Crippen LogP contribution in [0.3, 0.4) is 0 Å². The van der Waals surface area contributed by atoms with E-state index < -0.39 is 0 Å². The molecule has 1 saturated carbocycles. The molecule has 0 bridgehead atoms. The van der Waals surface area contributed by atoms with Crippen LogP contribution in [0.15, 0.2) is 0 Å². The van der Waals surface area contributed by atoms with Crippen LogP contribution in [0.1, 0.15) is 45.0 Å². The molecule has 102 valence electrons. The summed E-state index contributed by atoms with van der Waals surface area (Å²) in [7, 11) is 0. The van der Waals surface area contributed by atoms with Crippen molar-refractivity contribution in [2.24, 2.45) is 5.41 Å². The molecule has 18 heavy (non-hydrogen) atoms. The van der Waals surface area contributed by atoms with Gasteiger partial charge in [0.25, 0.3) is 0 Å². The van der Waals surface area contributed by atoms with E-state index in [2.05, 4.69) is 35.9 Å². The van der Waals surface area contributed by atoms with Gasteiger partial charge in [-0.25, -0.2) is 0 Å². The van der Waals surface area contributed by atoms with Gasteiger partial charge in [0.2, 0.25) is 0 Å². The van der Waals surface area contributed by atoms with Gasteiger partial charge in [0.05, 0.1) is 16.4 Å². The fraction of sp³-hybridized carbons (Fsp3) is 0.786. The Morgan fingerprint density at radius 2 is 2.11 bits per heavy atom. The van der Waals surface area contributed by atoms with Crippen LogP contribution >= 0.6 is 11.6 Å². The number of aromatic nitrogens is 2. The topological polar surface area (TPSA) is 29.9 Å². The molecule has 1 atom stereocenters. The summed E-state index contributed by atoms with van der Waals surface area (Å²) in [4.78, 5) is 0. The summed E-state index contributed by atoms with van der Waals surface area (Å²) in [6.07, 6.45) is 3.64. The minimum Gasteiger partial charge on any atom is -0.314 e. The smallest absolute Gasteiger partial charge is 0.0847 e. The first-order valence-corrected chi connectivity index (χ1v) is 7.37. The van der Waals surface area contributed by atoms with Crippen molar-refractivity contribution in [1.82, 2.24) is 15.1 Å². The minimum absolute atomic E-state index is 0.402. The van der Waals surface area contributed by atoms with Crippen molar-refractivity contribution in [3.63, 3.8) is 0 Å². The summed E-state index contributed by atoms with van der Waals surface area (Å²) in [5.41, 5.74) is 2.58. The van der Waals surface area contributed by atoms with E-state index in [1.807, 2.05) is 6.92 Å². The van der Waals surface area contributed by atoms with Crippen LogP contribution in [0.5, 0.6) is 0 Å². The van der Waals surface area contributed by atoms with E-state index >= 15 is 0 Å². The van der Waals surface area contributed by atoms with Crippen molar-refractivity contribution >= 4 is 11.6 Å². The lowest BCUT2D eigenvalue weighted by Crippen LogP contribution is -2.36. The molecule has 2 rings (SSSR count). The van der Waals surface area contributed by atoms with Crippen molar-refractivity contribution in [1.29, 1.82) is 0 Å². The van der Waals surface area contributed by atoms with Crippen LogP contribution < -0.4 is 5.32 Å². The molecule has 1 aliphatic rings. The third-order valence-corrected chi connectivity index (χ3v) is 4.79. The molecule has 1 aromatic heterocycles. The van der Waals surface area contributed by atoms with Gasteiger partial charge in [-0.15, -0.1) is 0 Å². The molecule has 1 heterocycles. The molecule has 0 spiro atoms. The Kier molecular flexibility index (Phi) is 4.02. The zero-order chi connectivity index (χ0) is 13.3. The van der Waals surface area contributed by atoms with Gasteiger partial charge >= 0.3 is 0 Å². The van der Waals surface area contributed by atoms with Gasteiger partial charge in [-0.2, -0.15) is 5.10 Å². The van der Waals surface area contributed by atoms with E-state index in [9.17, 15) is 0 Å². The standard InChI is InChI=1S/C14H24ClN3/c1-5-16-11(4)14(7-8-14)9-12-13(15)10(3)17-18(12)6-2/h11,16H,5-9H2,1-4H3. The van der Waals surface area contributed by atoms with Crippen molar-refractivity contribution in [3.05, 3.63) is 16.4 Å². The normalized spacial score (nSPS) is 18.9. The molecule has 0 amide bonds. The predicted molar refractivity (Wildman–Crippen MR) is 76.2 cm³/mol. The van der Waals surface area contributed by atoms with Gasteiger partial charge in [-0.05, 0) is 52.0 Å². The summed E-state index contributed by atoms with van der Waals surface area (Å²) in [6.45, 7) is 10.5. The highest BCUT2D eigenvalue weighted by atomic mass is 35.5. The van der Waals surface area contributed by atoms with E-state index in [4.69, 9.17) is 11.6 Å². The first-order chi connectivity index (χ1) is 8.54.